The number of hydrogen-bond donors (Lipinski definition) is 0. The topological polar surface area (TPSA) is 111 Å². The van der Waals surface area contributed by atoms with Crippen LogP contribution in [0.1, 0.15) is 11.3 Å². The fourth-order valence-corrected chi connectivity index (χ4v) is 2.04. The molecule has 1 aromatic carbocycles. The molecule has 0 aliphatic carbocycles. The maximum atomic E-state index is 10.8. The van der Waals surface area contributed by atoms with E-state index in [1.807, 2.05) is 6.07 Å². The van der Waals surface area contributed by atoms with E-state index in [2.05, 4.69) is 16.2 Å². The second-order valence-corrected chi connectivity index (χ2v) is 4.48. The number of aromatic nitrogens is 3. The van der Waals surface area contributed by atoms with Gasteiger partial charge in [-0.15, -0.1) is 0 Å². The van der Waals surface area contributed by atoms with Crippen molar-refractivity contribution in [2.75, 3.05) is 0 Å². The SMILES string of the molecule is N#Cc1cccc(-c2cc(Cn3ccnc3[N+](=O)[O-])on2)c1. The fraction of sp³-hybridized carbons (Fsp3) is 0.0714. The van der Waals surface area contributed by atoms with Crippen molar-refractivity contribution in [2.45, 2.75) is 6.54 Å². The van der Waals surface area contributed by atoms with E-state index in [9.17, 15) is 10.1 Å². The molecule has 0 amide bonds. The Labute approximate surface area is 124 Å². The van der Waals surface area contributed by atoms with Crippen molar-refractivity contribution >= 4 is 5.95 Å². The summed E-state index contributed by atoms with van der Waals surface area (Å²) in [6.07, 6.45) is 2.85. The number of nitrogens with zero attached hydrogens (tertiary/aromatic N) is 5. The van der Waals surface area contributed by atoms with Gasteiger partial charge in [0.2, 0.25) is 0 Å². The first kappa shape index (κ1) is 13.5. The quantitative estimate of drug-likeness (QED) is 0.539. The van der Waals surface area contributed by atoms with Crippen molar-refractivity contribution in [3.05, 3.63) is 64.2 Å². The lowest BCUT2D eigenvalue weighted by atomic mass is 10.1. The van der Waals surface area contributed by atoms with Crippen molar-refractivity contribution in [2.24, 2.45) is 0 Å². The first-order valence-corrected chi connectivity index (χ1v) is 6.29. The van der Waals surface area contributed by atoms with E-state index in [-0.39, 0.29) is 12.5 Å². The summed E-state index contributed by atoms with van der Waals surface area (Å²) in [4.78, 5) is 13.9. The van der Waals surface area contributed by atoms with Crippen LogP contribution in [-0.4, -0.2) is 19.6 Å². The predicted octanol–water partition coefficient (Wildman–Crippen LogP) is 2.37. The van der Waals surface area contributed by atoms with Gasteiger partial charge in [0.25, 0.3) is 0 Å². The minimum Gasteiger partial charge on any atom is -0.390 e. The molecule has 0 radical (unpaired) electrons. The van der Waals surface area contributed by atoms with Gasteiger partial charge in [-0.05, 0) is 17.1 Å². The van der Waals surface area contributed by atoms with Gasteiger partial charge in [0.15, 0.2) is 5.76 Å². The molecule has 22 heavy (non-hydrogen) atoms. The molecule has 3 aromatic rings. The van der Waals surface area contributed by atoms with Gasteiger partial charge in [-0.2, -0.15) is 5.26 Å². The molecule has 0 unspecified atom stereocenters. The molecule has 0 spiro atoms. The summed E-state index contributed by atoms with van der Waals surface area (Å²) in [7, 11) is 0. The normalized spacial score (nSPS) is 10.3. The van der Waals surface area contributed by atoms with Crippen LogP contribution < -0.4 is 0 Å². The molecular weight excluding hydrogens is 286 g/mol. The van der Waals surface area contributed by atoms with Gasteiger partial charge < -0.3 is 14.6 Å². The van der Waals surface area contributed by atoms with Crippen molar-refractivity contribution in [1.82, 2.24) is 14.7 Å². The zero-order valence-corrected chi connectivity index (χ0v) is 11.2. The second-order valence-electron chi connectivity index (χ2n) is 4.48. The third-order valence-electron chi connectivity index (χ3n) is 3.03. The molecule has 0 N–H and O–H groups in total. The number of hydrogen-bond acceptors (Lipinski definition) is 6. The third-order valence-corrected chi connectivity index (χ3v) is 3.03. The summed E-state index contributed by atoms with van der Waals surface area (Å²) in [5, 5.41) is 23.6. The van der Waals surface area contributed by atoms with Gasteiger partial charge in [-0.3, -0.25) is 0 Å². The Hall–Kier alpha value is -3.47. The largest absolute Gasteiger partial charge is 0.434 e. The highest BCUT2D eigenvalue weighted by molar-refractivity contribution is 5.61. The minimum absolute atomic E-state index is 0.154. The van der Waals surface area contributed by atoms with E-state index < -0.39 is 4.92 Å². The van der Waals surface area contributed by atoms with Crippen LogP contribution in [0, 0.1) is 21.4 Å². The van der Waals surface area contributed by atoms with Gasteiger partial charge >= 0.3 is 5.95 Å². The molecule has 8 nitrogen and oxygen atoms in total. The van der Waals surface area contributed by atoms with E-state index >= 15 is 0 Å². The fourth-order valence-electron chi connectivity index (χ4n) is 2.04. The van der Waals surface area contributed by atoms with Gasteiger partial charge in [-0.25, -0.2) is 4.57 Å². The molecular formula is C14H9N5O3. The minimum atomic E-state index is -0.562. The van der Waals surface area contributed by atoms with Gasteiger partial charge in [0, 0.05) is 11.6 Å². The van der Waals surface area contributed by atoms with Gasteiger partial charge in [-0.1, -0.05) is 22.3 Å². The highest BCUT2D eigenvalue weighted by atomic mass is 16.6. The van der Waals surface area contributed by atoms with Crippen molar-refractivity contribution < 1.29 is 9.45 Å². The van der Waals surface area contributed by atoms with E-state index in [0.717, 1.165) is 5.56 Å². The Morgan fingerprint density at radius 3 is 3.05 bits per heavy atom. The summed E-state index contributed by atoms with van der Waals surface area (Å²) < 4.78 is 6.55. The maximum absolute atomic E-state index is 10.8. The van der Waals surface area contributed by atoms with E-state index in [0.29, 0.717) is 17.0 Å². The van der Waals surface area contributed by atoms with E-state index in [1.54, 1.807) is 24.3 Å². The standard InChI is InChI=1S/C14H9N5O3/c15-8-10-2-1-3-11(6-10)13-7-12(22-17-13)9-18-5-4-16-14(18)19(20)21/h1-7H,9H2. The lowest BCUT2D eigenvalue weighted by molar-refractivity contribution is -0.396. The highest BCUT2D eigenvalue weighted by Crippen LogP contribution is 2.21. The Kier molecular flexibility index (Phi) is 3.37. The summed E-state index contributed by atoms with van der Waals surface area (Å²) in [5.41, 5.74) is 1.83. The number of nitriles is 1. The van der Waals surface area contributed by atoms with Crippen LogP contribution in [0.2, 0.25) is 0 Å². The lowest BCUT2D eigenvalue weighted by Gasteiger charge is -1.97. The van der Waals surface area contributed by atoms with Crippen molar-refractivity contribution in [3.63, 3.8) is 0 Å². The molecule has 2 aromatic heterocycles. The van der Waals surface area contributed by atoms with Crippen LogP contribution in [0.15, 0.2) is 47.2 Å². The maximum Gasteiger partial charge on any atom is 0.434 e. The number of rotatable bonds is 4. The van der Waals surface area contributed by atoms with Gasteiger partial charge in [0.05, 0.1) is 11.6 Å². The van der Waals surface area contributed by atoms with Crippen LogP contribution in [0.5, 0.6) is 0 Å². The zero-order valence-electron chi connectivity index (χ0n) is 11.2. The Morgan fingerprint density at radius 1 is 1.41 bits per heavy atom. The molecule has 0 aliphatic rings. The van der Waals surface area contributed by atoms with Crippen molar-refractivity contribution in [3.8, 4) is 17.3 Å². The molecule has 0 saturated heterocycles. The smallest absolute Gasteiger partial charge is 0.390 e. The predicted molar refractivity (Wildman–Crippen MR) is 74.6 cm³/mol. The molecule has 0 bridgehead atoms. The first-order chi connectivity index (χ1) is 10.7. The van der Waals surface area contributed by atoms with Crippen LogP contribution in [0.25, 0.3) is 11.3 Å². The Bertz CT molecular complexity index is 874. The molecule has 8 heteroatoms. The Balaban J connectivity index is 1.86. The number of imidazole rings is 1. The van der Waals surface area contributed by atoms with Gasteiger partial charge in [0.1, 0.15) is 24.6 Å². The number of benzene rings is 1. The van der Waals surface area contributed by atoms with Crippen LogP contribution in [0.4, 0.5) is 5.95 Å². The molecule has 108 valence electrons. The molecule has 0 saturated carbocycles. The molecule has 0 atom stereocenters. The molecule has 2 heterocycles. The second kappa shape index (κ2) is 5.49. The van der Waals surface area contributed by atoms with Crippen molar-refractivity contribution in [1.29, 1.82) is 5.26 Å². The lowest BCUT2D eigenvalue weighted by Crippen LogP contribution is -2.03. The average Bonchev–Trinajstić information content (AvgIpc) is 3.17. The molecule has 0 aliphatic heterocycles. The Morgan fingerprint density at radius 2 is 2.27 bits per heavy atom. The number of nitro groups is 1. The van der Waals surface area contributed by atoms with E-state index in [4.69, 9.17) is 9.78 Å². The van der Waals surface area contributed by atoms with Crippen LogP contribution >= 0.6 is 0 Å². The average molecular weight is 295 g/mol. The summed E-state index contributed by atoms with van der Waals surface area (Å²) in [6, 6.07) is 10.7. The summed E-state index contributed by atoms with van der Waals surface area (Å²) in [6.45, 7) is 0.154. The highest BCUT2D eigenvalue weighted by Gasteiger charge is 2.16. The summed E-state index contributed by atoms with van der Waals surface area (Å²) in [5.74, 6) is 0.197. The first-order valence-electron chi connectivity index (χ1n) is 6.29. The third kappa shape index (κ3) is 2.55. The molecule has 0 fully saturated rings. The molecule has 3 rings (SSSR count). The van der Waals surface area contributed by atoms with E-state index in [1.165, 1.54) is 17.0 Å². The van der Waals surface area contributed by atoms with Crippen LogP contribution in [0.3, 0.4) is 0 Å². The van der Waals surface area contributed by atoms with Crippen LogP contribution in [-0.2, 0) is 6.54 Å². The monoisotopic (exact) mass is 295 g/mol. The summed E-state index contributed by atoms with van der Waals surface area (Å²) >= 11 is 0. The zero-order chi connectivity index (χ0) is 15.5.